The molecule has 6 heteroatoms. The molecule has 2 N–H and O–H groups in total. The first-order valence-corrected chi connectivity index (χ1v) is 10.5. The number of hydrogen-bond acceptors (Lipinski definition) is 5. The average molecular weight is 448 g/mol. The summed E-state index contributed by atoms with van der Waals surface area (Å²) in [4.78, 5) is 2.28. The van der Waals surface area contributed by atoms with E-state index in [0.717, 1.165) is 53.0 Å². The second kappa shape index (κ2) is 8.03. The summed E-state index contributed by atoms with van der Waals surface area (Å²) in [6.07, 6.45) is 1.22. The second-order valence-electron chi connectivity index (χ2n) is 7.78. The van der Waals surface area contributed by atoms with Crippen LogP contribution in [0, 0.1) is 0 Å². The minimum Gasteiger partial charge on any atom is -0.497 e. The molecule has 0 saturated carbocycles. The molecule has 0 aromatic heterocycles. The average Bonchev–Trinajstić information content (AvgIpc) is 2.70. The van der Waals surface area contributed by atoms with Gasteiger partial charge in [-0.25, -0.2) is 0 Å². The molecule has 2 aromatic carbocycles. The van der Waals surface area contributed by atoms with Crippen molar-refractivity contribution < 1.29 is 19.7 Å². The predicted octanol–water partition coefficient (Wildman–Crippen LogP) is 3.84. The van der Waals surface area contributed by atoms with Crippen LogP contribution in [0.1, 0.15) is 42.6 Å². The first-order chi connectivity index (χ1) is 13.5. The molecule has 2 heterocycles. The standard InChI is InChI=1S/C22H26BrNO4/c1-27-17-6-7-21-18(12-17)19(25)13-22(28-21)8-10-24(11-9-22)14-20(26)15-2-4-16(23)5-3-15/h2-7,12,19-20,25-26H,8-11,13-14H2,1H3/t19-,20-/m0/s1. The second-order valence-corrected chi connectivity index (χ2v) is 8.69. The fourth-order valence-electron chi connectivity index (χ4n) is 4.23. The van der Waals surface area contributed by atoms with Gasteiger partial charge in [0, 0.05) is 36.1 Å². The van der Waals surface area contributed by atoms with Crippen LogP contribution in [0.4, 0.5) is 0 Å². The van der Waals surface area contributed by atoms with Crippen molar-refractivity contribution in [2.75, 3.05) is 26.7 Å². The molecule has 2 aliphatic rings. The number of β-amino-alcohol motifs (C(OH)–C–C–N with tert-alkyl or cyclic N) is 1. The summed E-state index contributed by atoms with van der Waals surface area (Å²) in [6, 6.07) is 13.4. The van der Waals surface area contributed by atoms with Gasteiger partial charge in [-0.1, -0.05) is 28.1 Å². The van der Waals surface area contributed by atoms with Crippen molar-refractivity contribution in [1.29, 1.82) is 0 Å². The van der Waals surface area contributed by atoms with Gasteiger partial charge in [-0.3, -0.25) is 0 Å². The number of rotatable bonds is 4. The Morgan fingerprint density at radius 1 is 1.21 bits per heavy atom. The van der Waals surface area contributed by atoms with E-state index >= 15 is 0 Å². The SMILES string of the molecule is COc1ccc2c(c1)[C@@H](O)CC1(CCN(C[C@H](O)c3ccc(Br)cc3)CC1)O2. The summed E-state index contributed by atoms with van der Waals surface area (Å²) in [5.74, 6) is 1.48. The van der Waals surface area contributed by atoms with Gasteiger partial charge in [-0.2, -0.15) is 0 Å². The monoisotopic (exact) mass is 447 g/mol. The zero-order valence-electron chi connectivity index (χ0n) is 16.0. The molecule has 0 radical (unpaired) electrons. The van der Waals surface area contributed by atoms with E-state index in [1.165, 1.54) is 0 Å². The number of benzene rings is 2. The van der Waals surface area contributed by atoms with Gasteiger partial charge in [0.25, 0.3) is 0 Å². The van der Waals surface area contributed by atoms with Crippen LogP contribution in [0.25, 0.3) is 0 Å². The Labute approximate surface area is 174 Å². The molecular formula is C22H26BrNO4. The van der Waals surface area contributed by atoms with Crippen molar-refractivity contribution in [1.82, 2.24) is 4.90 Å². The number of nitrogens with zero attached hydrogens (tertiary/aromatic N) is 1. The topological polar surface area (TPSA) is 62.2 Å². The first kappa shape index (κ1) is 19.7. The van der Waals surface area contributed by atoms with E-state index in [4.69, 9.17) is 9.47 Å². The summed E-state index contributed by atoms with van der Waals surface area (Å²) >= 11 is 3.42. The van der Waals surface area contributed by atoms with E-state index in [1.54, 1.807) is 7.11 Å². The lowest BCUT2D eigenvalue weighted by atomic mass is 9.81. The van der Waals surface area contributed by atoms with Gasteiger partial charge in [0.2, 0.25) is 0 Å². The van der Waals surface area contributed by atoms with Crippen molar-refractivity contribution in [3.63, 3.8) is 0 Å². The third-order valence-corrected chi connectivity index (χ3v) is 6.45. The van der Waals surface area contributed by atoms with E-state index < -0.39 is 12.2 Å². The molecule has 28 heavy (non-hydrogen) atoms. The Bertz CT molecular complexity index is 818. The molecule has 2 aromatic rings. The van der Waals surface area contributed by atoms with Crippen molar-refractivity contribution in [2.24, 2.45) is 0 Å². The lowest BCUT2D eigenvalue weighted by Crippen LogP contribution is -2.51. The maximum Gasteiger partial charge on any atom is 0.126 e. The Balaban J connectivity index is 1.39. The molecular weight excluding hydrogens is 422 g/mol. The van der Waals surface area contributed by atoms with Crippen LogP contribution in [0.3, 0.4) is 0 Å². The number of halogens is 1. The number of piperidine rings is 1. The number of methoxy groups -OCH3 is 1. The highest BCUT2D eigenvalue weighted by atomic mass is 79.9. The largest absolute Gasteiger partial charge is 0.497 e. The van der Waals surface area contributed by atoms with Crippen LogP contribution in [0.5, 0.6) is 11.5 Å². The van der Waals surface area contributed by atoms with Gasteiger partial charge in [0.15, 0.2) is 0 Å². The highest BCUT2D eigenvalue weighted by molar-refractivity contribution is 9.10. The third kappa shape index (κ3) is 4.06. The van der Waals surface area contributed by atoms with Crippen LogP contribution >= 0.6 is 15.9 Å². The normalized spacial score (nSPS) is 22.4. The molecule has 150 valence electrons. The molecule has 0 bridgehead atoms. The van der Waals surface area contributed by atoms with Crippen molar-refractivity contribution in [3.05, 3.63) is 58.1 Å². The highest BCUT2D eigenvalue weighted by Crippen LogP contribution is 2.45. The molecule has 4 rings (SSSR count). The van der Waals surface area contributed by atoms with E-state index in [0.29, 0.717) is 13.0 Å². The molecule has 1 fully saturated rings. The number of likely N-dealkylation sites (tertiary alicyclic amines) is 1. The number of hydrogen-bond donors (Lipinski definition) is 2. The van der Waals surface area contributed by atoms with Gasteiger partial charge < -0.3 is 24.6 Å². The summed E-state index contributed by atoms with van der Waals surface area (Å²) in [5, 5.41) is 21.2. The maximum atomic E-state index is 10.7. The zero-order chi connectivity index (χ0) is 19.7. The fraction of sp³-hybridized carbons (Fsp3) is 0.455. The lowest BCUT2D eigenvalue weighted by Gasteiger charge is -2.46. The Morgan fingerprint density at radius 2 is 1.93 bits per heavy atom. The Kier molecular flexibility index (Phi) is 5.65. The van der Waals surface area contributed by atoms with Crippen LogP contribution in [0.15, 0.2) is 46.9 Å². The van der Waals surface area contributed by atoms with E-state index in [9.17, 15) is 10.2 Å². The van der Waals surface area contributed by atoms with Crippen LogP contribution in [0.2, 0.25) is 0 Å². The fourth-order valence-corrected chi connectivity index (χ4v) is 4.49. The van der Waals surface area contributed by atoms with Gasteiger partial charge in [0.1, 0.15) is 17.1 Å². The van der Waals surface area contributed by atoms with Gasteiger partial charge >= 0.3 is 0 Å². The molecule has 2 aliphatic heterocycles. The Hall–Kier alpha value is -1.60. The minimum absolute atomic E-state index is 0.333. The summed E-state index contributed by atoms with van der Waals surface area (Å²) in [6.45, 7) is 2.28. The highest BCUT2D eigenvalue weighted by Gasteiger charge is 2.43. The number of aliphatic hydroxyl groups is 2. The molecule has 2 atom stereocenters. The number of ether oxygens (including phenoxy) is 2. The molecule has 0 aliphatic carbocycles. The van der Waals surface area contributed by atoms with Gasteiger partial charge in [-0.15, -0.1) is 0 Å². The van der Waals surface area contributed by atoms with Crippen molar-refractivity contribution in [3.8, 4) is 11.5 Å². The lowest BCUT2D eigenvalue weighted by molar-refractivity contribution is -0.0588. The maximum absolute atomic E-state index is 10.7. The summed E-state index contributed by atoms with van der Waals surface area (Å²) in [5.41, 5.74) is 1.40. The van der Waals surface area contributed by atoms with Crippen LogP contribution < -0.4 is 9.47 Å². The molecule has 0 unspecified atom stereocenters. The van der Waals surface area contributed by atoms with Gasteiger partial charge in [-0.05, 0) is 48.7 Å². The smallest absolute Gasteiger partial charge is 0.126 e. The molecule has 1 spiro atoms. The zero-order valence-corrected chi connectivity index (χ0v) is 17.6. The van der Waals surface area contributed by atoms with Crippen LogP contribution in [-0.2, 0) is 0 Å². The quantitative estimate of drug-likeness (QED) is 0.745. The predicted molar refractivity (Wildman–Crippen MR) is 111 cm³/mol. The minimum atomic E-state index is -0.543. The molecule has 5 nitrogen and oxygen atoms in total. The molecule has 1 saturated heterocycles. The van der Waals surface area contributed by atoms with E-state index in [-0.39, 0.29) is 5.60 Å². The van der Waals surface area contributed by atoms with E-state index in [1.807, 2.05) is 42.5 Å². The molecule has 0 amide bonds. The van der Waals surface area contributed by atoms with Crippen LogP contribution in [-0.4, -0.2) is 47.5 Å². The van der Waals surface area contributed by atoms with Crippen molar-refractivity contribution >= 4 is 15.9 Å². The third-order valence-electron chi connectivity index (χ3n) is 5.92. The Morgan fingerprint density at radius 3 is 2.61 bits per heavy atom. The first-order valence-electron chi connectivity index (χ1n) is 9.69. The number of aliphatic hydroxyl groups excluding tert-OH is 2. The summed E-state index contributed by atoms with van der Waals surface area (Å²) in [7, 11) is 1.62. The van der Waals surface area contributed by atoms with E-state index in [2.05, 4.69) is 20.8 Å². The summed E-state index contributed by atoms with van der Waals surface area (Å²) < 4.78 is 12.6. The van der Waals surface area contributed by atoms with Gasteiger partial charge in [0.05, 0.1) is 19.3 Å². The van der Waals surface area contributed by atoms with Crippen molar-refractivity contribution in [2.45, 2.75) is 37.1 Å². The number of fused-ring (bicyclic) bond motifs is 1.